The summed E-state index contributed by atoms with van der Waals surface area (Å²) < 4.78 is 40.4. The lowest BCUT2D eigenvalue weighted by Gasteiger charge is -2.23. The zero-order valence-electron chi connectivity index (χ0n) is 14.6. The molecule has 0 spiro atoms. The molecular formula is C19H17FN2O4S. The number of carbonyl (C=O) groups excluding carboxylic acids is 2. The van der Waals surface area contributed by atoms with Gasteiger partial charge < -0.3 is 0 Å². The number of hydrogen-bond acceptors (Lipinski definition) is 4. The quantitative estimate of drug-likeness (QED) is 0.756. The van der Waals surface area contributed by atoms with Gasteiger partial charge in [-0.05, 0) is 49.2 Å². The molecule has 4 rings (SSSR count). The number of sulfonamides is 1. The zero-order valence-corrected chi connectivity index (χ0v) is 15.4. The van der Waals surface area contributed by atoms with E-state index < -0.39 is 33.7 Å². The van der Waals surface area contributed by atoms with Crippen LogP contribution in [0.4, 0.5) is 4.39 Å². The lowest BCUT2D eigenvalue weighted by molar-refractivity contribution is 0.0593. The van der Waals surface area contributed by atoms with E-state index in [9.17, 15) is 22.4 Å². The summed E-state index contributed by atoms with van der Waals surface area (Å²) >= 11 is 0. The van der Waals surface area contributed by atoms with E-state index in [1.807, 2.05) is 0 Å². The fourth-order valence-corrected chi connectivity index (χ4v) is 5.42. The first-order chi connectivity index (χ1) is 12.8. The van der Waals surface area contributed by atoms with E-state index in [2.05, 4.69) is 0 Å². The maximum atomic E-state index is 13.3. The van der Waals surface area contributed by atoms with Crippen molar-refractivity contribution >= 4 is 21.8 Å². The number of fused-ring (bicyclic) bond motifs is 1. The van der Waals surface area contributed by atoms with Crippen LogP contribution in [0.15, 0.2) is 47.4 Å². The first-order valence-corrected chi connectivity index (χ1v) is 9.98. The van der Waals surface area contributed by atoms with E-state index in [1.54, 1.807) is 24.3 Å². The molecule has 6 nitrogen and oxygen atoms in total. The van der Waals surface area contributed by atoms with E-state index in [-0.39, 0.29) is 18.0 Å². The molecule has 2 aromatic carbocycles. The number of amides is 2. The van der Waals surface area contributed by atoms with Gasteiger partial charge in [0.1, 0.15) is 5.82 Å². The molecule has 0 radical (unpaired) electrons. The van der Waals surface area contributed by atoms with Gasteiger partial charge in [-0.15, -0.1) is 0 Å². The Morgan fingerprint density at radius 1 is 1.04 bits per heavy atom. The second kappa shape index (κ2) is 6.24. The summed E-state index contributed by atoms with van der Waals surface area (Å²) in [5.74, 6) is -1.28. The van der Waals surface area contributed by atoms with Crippen LogP contribution in [0.3, 0.4) is 0 Å². The highest BCUT2D eigenvalue weighted by Gasteiger charge is 2.44. The molecule has 2 heterocycles. The second-order valence-corrected chi connectivity index (χ2v) is 8.65. The lowest BCUT2D eigenvalue weighted by Crippen LogP contribution is -2.42. The molecule has 2 amide bonds. The largest absolute Gasteiger partial charge is 0.270 e. The smallest absolute Gasteiger partial charge is 0.261 e. The summed E-state index contributed by atoms with van der Waals surface area (Å²) in [6, 6.07) is 9.58. The second-order valence-electron chi connectivity index (χ2n) is 6.74. The monoisotopic (exact) mass is 388 g/mol. The minimum Gasteiger partial charge on any atom is -0.270 e. The Hall–Kier alpha value is -2.58. The fourth-order valence-electron chi connectivity index (χ4n) is 3.72. The molecule has 0 saturated carbocycles. The minimum atomic E-state index is -3.83. The Balaban J connectivity index is 1.59. The zero-order chi connectivity index (χ0) is 19.3. The van der Waals surface area contributed by atoms with Gasteiger partial charge in [0.15, 0.2) is 0 Å². The maximum Gasteiger partial charge on any atom is 0.261 e. The third-order valence-corrected chi connectivity index (χ3v) is 7.10. The van der Waals surface area contributed by atoms with Crippen molar-refractivity contribution in [2.24, 2.45) is 0 Å². The van der Waals surface area contributed by atoms with Gasteiger partial charge in [-0.1, -0.05) is 12.1 Å². The van der Waals surface area contributed by atoms with Crippen LogP contribution in [-0.4, -0.2) is 48.6 Å². The summed E-state index contributed by atoms with van der Waals surface area (Å²) in [5, 5.41) is 0. The van der Waals surface area contributed by atoms with Crippen LogP contribution < -0.4 is 0 Å². The number of halogens is 1. The van der Waals surface area contributed by atoms with Crippen molar-refractivity contribution in [1.29, 1.82) is 0 Å². The summed E-state index contributed by atoms with van der Waals surface area (Å²) in [6.45, 7) is 1.76. The third kappa shape index (κ3) is 2.76. The van der Waals surface area contributed by atoms with Gasteiger partial charge >= 0.3 is 0 Å². The number of benzene rings is 2. The molecule has 2 aromatic rings. The Labute approximate surface area is 156 Å². The van der Waals surface area contributed by atoms with Crippen molar-refractivity contribution in [3.63, 3.8) is 0 Å². The molecule has 1 atom stereocenters. The first-order valence-electron chi connectivity index (χ1n) is 8.54. The third-order valence-electron chi connectivity index (χ3n) is 5.07. The molecule has 2 aliphatic rings. The van der Waals surface area contributed by atoms with Gasteiger partial charge in [0.2, 0.25) is 10.0 Å². The molecular weight excluding hydrogens is 371 g/mol. The maximum absolute atomic E-state index is 13.3. The molecule has 1 saturated heterocycles. The number of aryl methyl sites for hydroxylation is 1. The summed E-state index contributed by atoms with van der Waals surface area (Å²) in [6.07, 6.45) is 0.366. The molecule has 2 aliphatic heterocycles. The molecule has 8 heteroatoms. The van der Waals surface area contributed by atoms with Crippen LogP contribution in [0.2, 0.25) is 0 Å². The fraction of sp³-hybridized carbons (Fsp3) is 0.263. The highest BCUT2D eigenvalue weighted by Crippen LogP contribution is 2.31. The number of carbonyl (C=O) groups is 2. The number of nitrogens with zero attached hydrogens (tertiary/aromatic N) is 2. The molecule has 0 N–H and O–H groups in total. The van der Waals surface area contributed by atoms with Crippen molar-refractivity contribution in [2.45, 2.75) is 24.3 Å². The van der Waals surface area contributed by atoms with Crippen LogP contribution >= 0.6 is 0 Å². The highest BCUT2D eigenvalue weighted by atomic mass is 32.2. The molecule has 27 heavy (non-hydrogen) atoms. The van der Waals surface area contributed by atoms with Crippen molar-refractivity contribution in [1.82, 2.24) is 9.21 Å². The molecule has 0 aliphatic carbocycles. The Morgan fingerprint density at radius 2 is 1.67 bits per heavy atom. The molecule has 0 aromatic heterocycles. The van der Waals surface area contributed by atoms with E-state index in [0.29, 0.717) is 23.1 Å². The lowest BCUT2D eigenvalue weighted by atomic mass is 10.1. The minimum absolute atomic E-state index is 0.0324. The predicted molar refractivity (Wildman–Crippen MR) is 95.2 cm³/mol. The highest BCUT2D eigenvalue weighted by molar-refractivity contribution is 7.89. The van der Waals surface area contributed by atoms with E-state index in [1.165, 1.54) is 23.4 Å². The Bertz CT molecular complexity index is 1030. The van der Waals surface area contributed by atoms with Gasteiger partial charge in [0.25, 0.3) is 11.8 Å². The SMILES string of the molecule is Cc1cc(F)ccc1S(=O)(=O)N1CCC(N2C(=O)c3ccccc3C2=O)C1. The van der Waals surface area contributed by atoms with Gasteiger partial charge in [-0.3, -0.25) is 14.5 Å². The Kier molecular flexibility index (Phi) is 4.12. The van der Waals surface area contributed by atoms with Crippen molar-refractivity contribution in [2.75, 3.05) is 13.1 Å². The van der Waals surface area contributed by atoms with Crippen molar-refractivity contribution in [3.05, 3.63) is 65.0 Å². The number of hydrogen-bond donors (Lipinski definition) is 0. The van der Waals surface area contributed by atoms with Crippen molar-refractivity contribution < 1.29 is 22.4 Å². The Morgan fingerprint density at radius 3 is 2.26 bits per heavy atom. The van der Waals surface area contributed by atoms with Crippen molar-refractivity contribution in [3.8, 4) is 0 Å². The molecule has 1 unspecified atom stereocenters. The molecule has 140 valence electrons. The van der Waals surface area contributed by atoms with Crippen LogP contribution in [0.5, 0.6) is 0 Å². The molecule has 1 fully saturated rings. The van der Waals surface area contributed by atoms with Crippen LogP contribution in [0, 0.1) is 12.7 Å². The van der Waals surface area contributed by atoms with E-state index >= 15 is 0 Å². The summed E-state index contributed by atoms with van der Waals surface area (Å²) in [7, 11) is -3.83. The van der Waals surface area contributed by atoms with E-state index in [4.69, 9.17) is 0 Å². The topological polar surface area (TPSA) is 74.8 Å². The van der Waals surface area contributed by atoms with E-state index in [0.717, 1.165) is 11.0 Å². The number of rotatable bonds is 3. The normalized spacial score (nSPS) is 20.4. The average molecular weight is 388 g/mol. The standard InChI is InChI=1S/C19H17FN2O4S/c1-12-10-13(20)6-7-17(12)27(25,26)21-9-8-14(11-21)22-18(23)15-4-2-3-5-16(15)19(22)24/h2-7,10,14H,8-9,11H2,1H3. The predicted octanol–water partition coefficient (Wildman–Crippen LogP) is 2.19. The van der Waals surface area contributed by atoms with Gasteiger partial charge in [0, 0.05) is 13.1 Å². The van der Waals surface area contributed by atoms with Crippen LogP contribution in [-0.2, 0) is 10.0 Å². The summed E-state index contributed by atoms with van der Waals surface area (Å²) in [4.78, 5) is 26.4. The van der Waals surface area contributed by atoms with Gasteiger partial charge in [0.05, 0.1) is 22.1 Å². The average Bonchev–Trinajstić information content (AvgIpc) is 3.20. The van der Waals surface area contributed by atoms with Gasteiger partial charge in [-0.25, -0.2) is 12.8 Å². The van der Waals surface area contributed by atoms with Crippen LogP contribution in [0.1, 0.15) is 32.7 Å². The first kappa shape index (κ1) is 17.8. The summed E-state index contributed by atoms with van der Waals surface area (Å²) in [5.41, 5.74) is 1.01. The molecule has 0 bridgehead atoms. The number of imide groups is 1. The van der Waals surface area contributed by atoms with Crippen LogP contribution in [0.25, 0.3) is 0 Å². The van der Waals surface area contributed by atoms with Gasteiger partial charge in [-0.2, -0.15) is 4.31 Å².